The second kappa shape index (κ2) is 6.35. The molecule has 1 aromatic carbocycles. The SMILES string of the molecule is CNc1ccc(C2Cc3ccc(OCCF)cc3S2)cn1. The van der Waals surface area contributed by atoms with Crippen molar-refractivity contribution in [1.29, 1.82) is 0 Å². The summed E-state index contributed by atoms with van der Waals surface area (Å²) in [5.74, 6) is 1.62. The number of rotatable bonds is 5. The number of pyridine rings is 1. The number of hydrogen-bond donors (Lipinski definition) is 1. The highest BCUT2D eigenvalue weighted by atomic mass is 32.2. The third-order valence-corrected chi connectivity index (χ3v) is 4.83. The molecule has 1 atom stereocenters. The van der Waals surface area contributed by atoms with Gasteiger partial charge in [0.05, 0.1) is 0 Å². The van der Waals surface area contributed by atoms with Crippen LogP contribution in [0.2, 0.25) is 0 Å². The number of halogens is 1. The fraction of sp³-hybridized carbons (Fsp3) is 0.312. The summed E-state index contributed by atoms with van der Waals surface area (Å²) in [6.45, 7) is -0.349. The highest BCUT2D eigenvalue weighted by Crippen LogP contribution is 2.47. The van der Waals surface area contributed by atoms with Crippen molar-refractivity contribution >= 4 is 17.6 Å². The van der Waals surface area contributed by atoms with Gasteiger partial charge in [-0.25, -0.2) is 9.37 Å². The number of fused-ring (bicyclic) bond motifs is 1. The summed E-state index contributed by atoms with van der Waals surface area (Å²) in [6, 6.07) is 10.1. The maximum absolute atomic E-state index is 12.2. The van der Waals surface area contributed by atoms with Crippen LogP contribution >= 0.6 is 11.8 Å². The molecule has 0 radical (unpaired) electrons. The first kappa shape index (κ1) is 14.2. The molecule has 3 rings (SSSR count). The van der Waals surface area contributed by atoms with E-state index in [-0.39, 0.29) is 6.61 Å². The maximum Gasteiger partial charge on any atom is 0.125 e. The van der Waals surface area contributed by atoms with Crippen LogP contribution < -0.4 is 10.1 Å². The zero-order chi connectivity index (χ0) is 14.7. The smallest absolute Gasteiger partial charge is 0.125 e. The van der Waals surface area contributed by atoms with E-state index in [0.717, 1.165) is 18.0 Å². The molecule has 2 aromatic rings. The molecule has 110 valence electrons. The number of thioether (sulfide) groups is 1. The molecule has 0 saturated carbocycles. The standard InChI is InChI=1S/C16H17FN2OS/c1-18-16-5-3-12(10-19-16)14-8-11-2-4-13(20-7-6-17)9-15(11)21-14/h2-5,9-10,14H,6-8H2,1H3,(H,18,19). The van der Waals surface area contributed by atoms with Crippen LogP contribution in [0.15, 0.2) is 41.4 Å². The van der Waals surface area contributed by atoms with Gasteiger partial charge in [-0.2, -0.15) is 0 Å². The summed E-state index contributed by atoms with van der Waals surface area (Å²) in [6.07, 6.45) is 2.92. The van der Waals surface area contributed by atoms with Crippen LogP contribution in [0.1, 0.15) is 16.4 Å². The molecule has 0 aliphatic carbocycles. The summed E-state index contributed by atoms with van der Waals surface area (Å²) in [5.41, 5.74) is 2.54. The van der Waals surface area contributed by atoms with Gasteiger partial charge in [0.1, 0.15) is 24.8 Å². The Morgan fingerprint density at radius 1 is 1.38 bits per heavy atom. The quantitative estimate of drug-likeness (QED) is 0.909. The van der Waals surface area contributed by atoms with Crippen molar-refractivity contribution in [2.45, 2.75) is 16.6 Å². The van der Waals surface area contributed by atoms with E-state index in [2.05, 4.69) is 22.4 Å². The van der Waals surface area contributed by atoms with E-state index in [9.17, 15) is 4.39 Å². The van der Waals surface area contributed by atoms with Crippen molar-refractivity contribution in [2.75, 3.05) is 25.6 Å². The highest BCUT2D eigenvalue weighted by Gasteiger charge is 2.24. The first-order valence-electron chi connectivity index (χ1n) is 6.92. The summed E-state index contributed by atoms with van der Waals surface area (Å²) in [7, 11) is 1.86. The van der Waals surface area contributed by atoms with Crippen LogP contribution in [-0.4, -0.2) is 25.3 Å². The van der Waals surface area contributed by atoms with E-state index >= 15 is 0 Å². The number of anilines is 1. The van der Waals surface area contributed by atoms with E-state index in [1.165, 1.54) is 16.0 Å². The number of alkyl halides is 1. The molecule has 0 bridgehead atoms. The minimum Gasteiger partial charge on any atom is -0.491 e. The summed E-state index contributed by atoms with van der Waals surface area (Å²) < 4.78 is 17.5. The second-order valence-electron chi connectivity index (χ2n) is 4.84. The highest BCUT2D eigenvalue weighted by molar-refractivity contribution is 7.99. The van der Waals surface area contributed by atoms with Gasteiger partial charge in [-0.3, -0.25) is 0 Å². The number of aromatic nitrogens is 1. The normalized spacial score (nSPS) is 16.6. The maximum atomic E-state index is 12.2. The number of ether oxygens (including phenoxy) is 1. The van der Waals surface area contributed by atoms with Gasteiger partial charge in [-0.05, 0) is 35.7 Å². The van der Waals surface area contributed by atoms with Crippen molar-refractivity contribution < 1.29 is 9.13 Å². The summed E-state index contributed by atoms with van der Waals surface area (Å²) in [4.78, 5) is 5.59. The van der Waals surface area contributed by atoms with Gasteiger partial charge in [-0.1, -0.05) is 12.1 Å². The van der Waals surface area contributed by atoms with Gasteiger partial charge in [0.25, 0.3) is 0 Å². The van der Waals surface area contributed by atoms with E-state index in [1.807, 2.05) is 43.2 Å². The molecule has 0 fully saturated rings. The lowest BCUT2D eigenvalue weighted by Crippen LogP contribution is -1.98. The van der Waals surface area contributed by atoms with Crippen molar-refractivity contribution in [1.82, 2.24) is 4.98 Å². The number of nitrogens with one attached hydrogen (secondary N) is 1. The molecule has 5 heteroatoms. The average Bonchev–Trinajstić information content (AvgIpc) is 2.96. The summed E-state index contributed by atoms with van der Waals surface area (Å²) in [5, 5.41) is 3.41. The predicted octanol–water partition coefficient (Wildman–Crippen LogP) is 3.86. The Kier molecular flexibility index (Phi) is 4.29. The summed E-state index contributed by atoms with van der Waals surface area (Å²) >= 11 is 1.82. The zero-order valence-corrected chi connectivity index (χ0v) is 12.6. The lowest BCUT2D eigenvalue weighted by molar-refractivity contribution is 0.273. The second-order valence-corrected chi connectivity index (χ2v) is 6.09. The molecule has 0 spiro atoms. The first-order chi connectivity index (χ1) is 10.3. The van der Waals surface area contributed by atoms with Gasteiger partial charge < -0.3 is 10.1 Å². The van der Waals surface area contributed by atoms with Gasteiger partial charge in [0.15, 0.2) is 0 Å². The van der Waals surface area contributed by atoms with Gasteiger partial charge in [0, 0.05) is 23.4 Å². The van der Waals surface area contributed by atoms with E-state index in [1.54, 1.807) is 0 Å². The lowest BCUT2D eigenvalue weighted by atomic mass is 10.1. The van der Waals surface area contributed by atoms with E-state index < -0.39 is 6.67 Å². The first-order valence-corrected chi connectivity index (χ1v) is 7.80. The van der Waals surface area contributed by atoms with Crippen LogP contribution in [0.4, 0.5) is 10.2 Å². The van der Waals surface area contributed by atoms with E-state index in [4.69, 9.17) is 4.74 Å². The Hall–Kier alpha value is -1.75. The molecule has 3 nitrogen and oxygen atoms in total. The molecule has 1 unspecified atom stereocenters. The molecule has 0 saturated heterocycles. The molecule has 1 aliphatic rings. The van der Waals surface area contributed by atoms with Gasteiger partial charge in [-0.15, -0.1) is 11.8 Å². The Labute approximate surface area is 127 Å². The topological polar surface area (TPSA) is 34.1 Å². The molecule has 1 N–H and O–H groups in total. The zero-order valence-electron chi connectivity index (χ0n) is 11.8. The molecule has 21 heavy (non-hydrogen) atoms. The fourth-order valence-corrected chi connectivity index (χ4v) is 3.72. The predicted molar refractivity (Wildman–Crippen MR) is 84.0 cm³/mol. The third kappa shape index (κ3) is 3.13. The minimum atomic E-state index is -0.462. The molecule has 1 aromatic heterocycles. The van der Waals surface area contributed by atoms with Crippen LogP contribution in [0.5, 0.6) is 5.75 Å². The molecular formula is C16H17FN2OS. The van der Waals surface area contributed by atoms with Gasteiger partial charge in [0.2, 0.25) is 0 Å². The fourth-order valence-electron chi connectivity index (χ4n) is 2.38. The molecule has 2 heterocycles. The molecular weight excluding hydrogens is 287 g/mol. The van der Waals surface area contributed by atoms with Crippen molar-refractivity contribution in [2.24, 2.45) is 0 Å². The van der Waals surface area contributed by atoms with Crippen LogP contribution in [0.25, 0.3) is 0 Å². The number of hydrogen-bond acceptors (Lipinski definition) is 4. The van der Waals surface area contributed by atoms with Crippen LogP contribution in [0, 0.1) is 0 Å². The molecule has 0 amide bonds. The third-order valence-electron chi connectivity index (χ3n) is 3.47. The Balaban J connectivity index is 1.74. The van der Waals surface area contributed by atoms with Crippen LogP contribution in [0.3, 0.4) is 0 Å². The Morgan fingerprint density at radius 2 is 2.29 bits per heavy atom. The van der Waals surface area contributed by atoms with Crippen molar-refractivity contribution in [3.63, 3.8) is 0 Å². The monoisotopic (exact) mass is 304 g/mol. The molecule has 1 aliphatic heterocycles. The van der Waals surface area contributed by atoms with Crippen molar-refractivity contribution in [3.05, 3.63) is 47.7 Å². The van der Waals surface area contributed by atoms with Crippen LogP contribution in [-0.2, 0) is 6.42 Å². The average molecular weight is 304 g/mol. The lowest BCUT2D eigenvalue weighted by Gasteiger charge is -2.09. The number of benzene rings is 1. The number of nitrogens with zero attached hydrogens (tertiary/aromatic N) is 1. The minimum absolute atomic E-state index is 0.113. The Bertz CT molecular complexity index is 618. The Morgan fingerprint density at radius 3 is 3.00 bits per heavy atom. The van der Waals surface area contributed by atoms with Crippen molar-refractivity contribution in [3.8, 4) is 5.75 Å². The van der Waals surface area contributed by atoms with E-state index in [0.29, 0.717) is 5.25 Å². The van der Waals surface area contributed by atoms with Gasteiger partial charge >= 0.3 is 0 Å². The largest absolute Gasteiger partial charge is 0.491 e.